The monoisotopic (exact) mass is 382 g/mol. The number of carbonyl (C=O) groups excluding carboxylic acids is 2. The van der Waals surface area contributed by atoms with Crippen molar-refractivity contribution in [2.75, 3.05) is 24.6 Å². The van der Waals surface area contributed by atoms with Crippen LogP contribution in [0.3, 0.4) is 0 Å². The van der Waals surface area contributed by atoms with Crippen LogP contribution in [-0.4, -0.2) is 48.6 Å². The number of benzene rings is 2. The summed E-state index contributed by atoms with van der Waals surface area (Å²) in [4.78, 5) is 28.8. The molecule has 1 saturated heterocycles. The van der Waals surface area contributed by atoms with Gasteiger partial charge in [-0.1, -0.05) is 30.3 Å². The van der Waals surface area contributed by atoms with Gasteiger partial charge in [0.1, 0.15) is 18.0 Å². The maximum atomic E-state index is 14.1. The minimum absolute atomic E-state index is 0.0354. The number of rotatable bonds is 4. The fourth-order valence-corrected chi connectivity index (χ4v) is 3.97. The fraction of sp³-hybridized carbons (Fsp3) is 0.364. The third-order valence-electron chi connectivity index (χ3n) is 5.36. The molecule has 0 spiro atoms. The molecule has 28 heavy (non-hydrogen) atoms. The molecule has 2 aromatic carbocycles. The summed E-state index contributed by atoms with van der Waals surface area (Å²) < 4.78 is 19.7. The highest BCUT2D eigenvalue weighted by Gasteiger charge is 2.42. The molecule has 0 aliphatic carbocycles. The zero-order valence-corrected chi connectivity index (χ0v) is 15.8. The number of para-hydroxylation sites is 1. The van der Waals surface area contributed by atoms with E-state index in [1.165, 1.54) is 4.90 Å². The second kappa shape index (κ2) is 7.62. The Morgan fingerprint density at radius 1 is 1.18 bits per heavy atom. The Kier molecular flexibility index (Phi) is 5.03. The van der Waals surface area contributed by atoms with Crippen molar-refractivity contribution < 1.29 is 18.7 Å². The number of nitrogens with zero attached hydrogens (tertiary/aromatic N) is 2. The van der Waals surface area contributed by atoms with Crippen LogP contribution in [0.5, 0.6) is 5.75 Å². The summed E-state index contributed by atoms with van der Waals surface area (Å²) in [7, 11) is 0. The zero-order valence-electron chi connectivity index (χ0n) is 15.8. The van der Waals surface area contributed by atoms with Gasteiger partial charge in [0.2, 0.25) is 5.91 Å². The molecule has 0 saturated carbocycles. The third-order valence-corrected chi connectivity index (χ3v) is 5.36. The number of amides is 2. The van der Waals surface area contributed by atoms with Crippen LogP contribution in [0.25, 0.3) is 0 Å². The molecule has 1 fully saturated rings. The van der Waals surface area contributed by atoms with Crippen molar-refractivity contribution in [3.63, 3.8) is 0 Å². The summed E-state index contributed by atoms with van der Waals surface area (Å²) in [6.07, 6.45) is -0.388. The Hall–Kier alpha value is -2.89. The van der Waals surface area contributed by atoms with Crippen molar-refractivity contribution in [3.8, 4) is 5.75 Å². The van der Waals surface area contributed by atoms with E-state index in [9.17, 15) is 14.0 Å². The van der Waals surface area contributed by atoms with Gasteiger partial charge in [0, 0.05) is 18.7 Å². The molecular formula is C22H23FN2O3. The number of aryl methyl sites for hydroxylation is 1. The first-order valence-corrected chi connectivity index (χ1v) is 9.55. The molecule has 4 rings (SSSR count). The van der Waals surface area contributed by atoms with Crippen LogP contribution in [-0.2, 0) is 16.0 Å². The van der Waals surface area contributed by atoms with Gasteiger partial charge in [0.05, 0.1) is 6.54 Å². The summed E-state index contributed by atoms with van der Waals surface area (Å²) in [5.41, 5.74) is 2.99. The van der Waals surface area contributed by atoms with Gasteiger partial charge in [0.15, 0.2) is 6.61 Å². The predicted octanol–water partition coefficient (Wildman–Crippen LogP) is 2.90. The fourth-order valence-electron chi connectivity index (χ4n) is 3.97. The van der Waals surface area contributed by atoms with Gasteiger partial charge in [-0.05, 0) is 42.7 Å². The molecule has 6 heteroatoms. The minimum Gasteiger partial charge on any atom is -0.484 e. The molecular weight excluding hydrogens is 359 g/mol. The van der Waals surface area contributed by atoms with Crippen LogP contribution < -0.4 is 9.64 Å². The topological polar surface area (TPSA) is 49.9 Å². The standard InChI is InChI=1S/C22H23FN2O3/c1-15-5-4-7-18(11-15)28-14-21(26)25-13-17(23)12-20(25)22(27)24-10-9-16-6-2-3-8-19(16)24/h2-8,11,17,20H,9-10,12-14H2,1H3/t17-,20-/m0/s1. The Morgan fingerprint density at radius 3 is 2.82 bits per heavy atom. The lowest BCUT2D eigenvalue weighted by molar-refractivity contribution is -0.139. The Morgan fingerprint density at radius 2 is 2.00 bits per heavy atom. The second-order valence-corrected chi connectivity index (χ2v) is 7.37. The minimum atomic E-state index is -1.20. The van der Waals surface area contributed by atoms with Crippen LogP contribution in [0.4, 0.5) is 10.1 Å². The molecule has 2 aromatic rings. The van der Waals surface area contributed by atoms with Crippen LogP contribution in [0.2, 0.25) is 0 Å². The van der Waals surface area contributed by atoms with E-state index < -0.39 is 12.2 Å². The summed E-state index contributed by atoms with van der Waals surface area (Å²) in [6, 6.07) is 14.3. The maximum absolute atomic E-state index is 14.1. The number of fused-ring (bicyclic) bond motifs is 1. The normalized spacial score (nSPS) is 20.9. The van der Waals surface area contributed by atoms with Crippen molar-refractivity contribution in [3.05, 3.63) is 59.7 Å². The van der Waals surface area contributed by atoms with Gasteiger partial charge in [-0.15, -0.1) is 0 Å². The Balaban J connectivity index is 1.46. The molecule has 2 amide bonds. The average Bonchev–Trinajstić information content (AvgIpc) is 3.29. The lowest BCUT2D eigenvalue weighted by atomic mass is 10.1. The summed E-state index contributed by atoms with van der Waals surface area (Å²) >= 11 is 0. The number of alkyl halides is 1. The first-order valence-electron chi connectivity index (χ1n) is 9.55. The second-order valence-electron chi connectivity index (χ2n) is 7.37. The molecule has 2 aliphatic heterocycles. The maximum Gasteiger partial charge on any atom is 0.261 e. The number of hydrogen-bond donors (Lipinski definition) is 0. The average molecular weight is 382 g/mol. The summed E-state index contributed by atoms with van der Waals surface area (Å²) in [6.45, 7) is 2.22. The molecule has 2 aliphatic rings. The van der Waals surface area contributed by atoms with Gasteiger partial charge in [-0.3, -0.25) is 9.59 Å². The van der Waals surface area contributed by atoms with E-state index in [2.05, 4.69) is 0 Å². The van der Waals surface area contributed by atoms with Gasteiger partial charge < -0.3 is 14.5 Å². The smallest absolute Gasteiger partial charge is 0.261 e. The largest absolute Gasteiger partial charge is 0.484 e. The quantitative estimate of drug-likeness (QED) is 0.817. The zero-order chi connectivity index (χ0) is 19.7. The SMILES string of the molecule is Cc1cccc(OCC(=O)N2C[C@@H](F)C[C@H]2C(=O)N2CCc3ccccc32)c1. The number of ether oxygens (including phenoxy) is 1. The van der Waals surface area contributed by atoms with E-state index >= 15 is 0 Å². The van der Waals surface area contributed by atoms with Crippen molar-refractivity contribution in [2.24, 2.45) is 0 Å². The van der Waals surface area contributed by atoms with E-state index in [1.54, 1.807) is 11.0 Å². The number of likely N-dealkylation sites (tertiary alicyclic amines) is 1. The molecule has 0 radical (unpaired) electrons. The number of hydrogen-bond acceptors (Lipinski definition) is 3. The lowest BCUT2D eigenvalue weighted by Crippen LogP contribution is -2.48. The molecule has 0 N–H and O–H groups in total. The van der Waals surface area contributed by atoms with Gasteiger partial charge in [-0.25, -0.2) is 4.39 Å². The molecule has 2 heterocycles. The number of halogens is 1. The van der Waals surface area contributed by atoms with Gasteiger partial charge >= 0.3 is 0 Å². The molecule has 2 atom stereocenters. The van der Waals surface area contributed by atoms with E-state index in [0.29, 0.717) is 12.3 Å². The van der Waals surface area contributed by atoms with Gasteiger partial charge in [0.25, 0.3) is 5.91 Å². The highest BCUT2D eigenvalue weighted by molar-refractivity contribution is 6.01. The summed E-state index contributed by atoms with van der Waals surface area (Å²) in [5, 5.41) is 0. The number of carbonyl (C=O) groups is 2. The predicted molar refractivity (Wildman–Crippen MR) is 104 cm³/mol. The highest BCUT2D eigenvalue weighted by atomic mass is 19.1. The Bertz CT molecular complexity index is 901. The first-order chi connectivity index (χ1) is 13.5. The Labute approximate surface area is 163 Å². The first kappa shape index (κ1) is 18.5. The van der Waals surface area contributed by atoms with E-state index in [-0.39, 0.29) is 31.4 Å². The van der Waals surface area contributed by atoms with E-state index in [4.69, 9.17) is 4.74 Å². The van der Waals surface area contributed by atoms with Crippen molar-refractivity contribution >= 4 is 17.5 Å². The lowest BCUT2D eigenvalue weighted by Gasteiger charge is -2.28. The van der Waals surface area contributed by atoms with Crippen molar-refractivity contribution in [2.45, 2.75) is 32.0 Å². The van der Waals surface area contributed by atoms with E-state index in [0.717, 1.165) is 23.2 Å². The van der Waals surface area contributed by atoms with Crippen molar-refractivity contribution in [1.29, 1.82) is 0 Å². The highest BCUT2D eigenvalue weighted by Crippen LogP contribution is 2.31. The summed E-state index contributed by atoms with van der Waals surface area (Å²) in [5.74, 6) is 0.00202. The molecule has 146 valence electrons. The third kappa shape index (κ3) is 3.59. The molecule has 0 bridgehead atoms. The molecule has 0 unspecified atom stereocenters. The van der Waals surface area contributed by atoms with Gasteiger partial charge in [-0.2, -0.15) is 0 Å². The van der Waals surface area contributed by atoms with Crippen LogP contribution >= 0.6 is 0 Å². The van der Waals surface area contributed by atoms with Crippen molar-refractivity contribution in [1.82, 2.24) is 4.90 Å². The molecule has 0 aromatic heterocycles. The van der Waals surface area contributed by atoms with Crippen LogP contribution in [0.1, 0.15) is 17.5 Å². The van der Waals surface area contributed by atoms with Crippen LogP contribution in [0, 0.1) is 6.92 Å². The molecule has 5 nitrogen and oxygen atoms in total. The number of anilines is 1. The van der Waals surface area contributed by atoms with Crippen LogP contribution in [0.15, 0.2) is 48.5 Å². The van der Waals surface area contributed by atoms with E-state index in [1.807, 2.05) is 49.4 Å².